The van der Waals surface area contributed by atoms with Gasteiger partial charge in [0, 0.05) is 44.6 Å². The summed E-state index contributed by atoms with van der Waals surface area (Å²) >= 11 is 0. The lowest BCUT2D eigenvalue weighted by Crippen LogP contribution is -2.48. The average Bonchev–Trinajstić information content (AvgIpc) is 3.23. The maximum absolute atomic E-state index is 5.76. The lowest BCUT2D eigenvalue weighted by molar-refractivity contribution is 0.189. The van der Waals surface area contributed by atoms with E-state index in [-0.39, 0.29) is 24.0 Å². The first kappa shape index (κ1) is 22.3. The van der Waals surface area contributed by atoms with Gasteiger partial charge in [-0.2, -0.15) is 0 Å². The van der Waals surface area contributed by atoms with Gasteiger partial charge in [-0.25, -0.2) is 4.98 Å². The number of piperidine rings is 1. The summed E-state index contributed by atoms with van der Waals surface area (Å²) < 4.78 is 7.97. The van der Waals surface area contributed by atoms with Crippen molar-refractivity contribution < 1.29 is 4.74 Å². The van der Waals surface area contributed by atoms with E-state index < -0.39 is 0 Å². The lowest BCUT2D eigenvalue weighted by atomic mass is 9.93. The number of benzene rings is 1. The monoisotopic (exact) mass is 495 g/mol. The molecule has 6 nitrogen and oxygen atoms in total. The molecule has 0 bridgehead atoms. The van der Waals surface area contributed by atoms with Gasteiger partial charge in [-0.1, -0.05) is 37.8 Å². The van der Waals surface area contributed by atoms with Crippen molar-refractivity contribution in [2.45, 2.75) is 25.9 Å². The van der Waals surface area contributed by atoms with Crippen molar-refractivity contribution in [3.8, 4) is 5.75 Å². The van der Waals surface area contributed by atoms with Crippen LogP contribution < -0.4 is 10.1 Å². The molecule has 0 spiro atoms. The Morgan fingerprint density at radius 1 is 1.43 bits per heavy atom. The largest absolute Gasteiger partial charge is 0.489 e. The Morgan fingerprint density at radius 3 is 2.96 bits per heavy atom. The minimum atomic E-state index is 0. The lowest BCUT2D eigenvalue weighted by Gasteiger charge is -2.39. The van der Waals surface area contributed by atoms with Crippen molar-refractivity contribution in [2.75, 3.05) is 26.7 Å². The van der Waals surface area contributed by atoms with Gasteiger partial charge in [0.25, 0.3) is 0 Å². The SMILES string of the molecule is C=CCOc1ccccc1CNC(=NC)N1CCC(C)C(n2ccnc2)C1.I. The second-order valence-electron chi connectivity index (χ2n) is 6.90. The highest BCUT2D eigenvalue weighted by Gasteiger charge is 2.28. The van der Waals surface area contributed by atoms with Gasteiger partial charge in [-0.05, 0) is 18.4 Å². The van der Waals surface area contributed by atoms with E-state index in [1.165, 1.54) is 0 Å². The summed E-state index contributed by atoms with van der Waals surface area (Å²) in [5, 5.41) is 3.50. The van der Waals surface area contributed by atoms with E-state index in [4.69, 9.17) is 4.74 Å². The summed E-state index contributed by atoms with van der Waals surface area (Å²) in [6, 6.07) is 8.48. The first-order valence-electron chi connectivity index (χ1n) is 9.47. The molecule has 1 aromatic carbocycles. The summed E-state index contributed by atoms with van der Waals surface area (Å²) in [5.74, 6) is 2.41. The third kappa shape index (κ3) is 5.50. The third-order valence-electron chi connectivity index (χ3n) is 5.10. The molecule has 2 aromatic rings. The van der Waals surface area contributed by atoms with Crippen LogP contribution in [0.5, 0.6) is 5.75 Å². The van der Waals surface area contributed by atoms with E-state index in [1.54, 1.807) is 6.08 Å². The number of rotatable bonds is 6. The predicted octanol–water partition coefficient (Wildman–Crippen LogP) is 3.72. The summed E-state index contributed by atoms with van der Waals surface area (Å²) in [4.78, 5) is 11.0. The molecule has 1 aliphatic rings. The van der Waals surface area contributed by atoms with Gasteiger partial charge in [0.05, 0.1) is 12.4 Å². The van der Waals surface area contributed by atoms with Crippen LogP contribution in [0, 0.1) is 5.92 Å². The van der Waals surface area contributed by atoms with Crippen molar-refractivity contribution in [3.05, 3.63) is 61.2 Å². The topological polar surface area (TPSA) is 54.7 Å². The van der Waals surface area contributed by atoms with Gasteiger partial charge in [-0.15, -0.1) is 24.0 Å². The normalized spacial score (nSPS) is 19.6. The Kier molecular flexibility index (Phi) is 8.82. The Hall–Kier alpha value is -2.03. The zero-order valence-corrected chi connectivity index (χ0v) is 19.0. The summed E-state index contributed by atoms with van der Waals surface area (Å²) in [7, 11) is 1.84. The molecule has 28 heavy (non-hydrogen) atoms. The molecule has 1 aliphatic heterocycles. The fraction of sp³-hybridized carbons (Fsp3) is 0.429. The van der Waals surface area contributed by atoms with Crippen LogP contribution in [0.4, 0.5) is 0 Å². The molecule has 2 atom stereocenters. The molecule has 1 fully saturated rings. The second kappa shape index (κ2) is 11.1. The number of nitrogens with one attached hydrogen (secondary N) is 1. The molecular weight excluding hydrogens is 465 g/mol. The van der Waals surface area contributed by atoms with Crippen LogP contribution in [-0.4, -0.2) is 47.2 Å². The molecule has 0 aliphatic carbocycles. The number of hydrogen-bond donors (Lipinski definition) is 1. The molecule has 152 valence electrons. The Morgan fingerprint density at radius 2 is 2.25 bits per heavy atom. The number of nitrogens with zero attached hydrogens (tertiary/aromatic N) is 4. The van der Waals surface area contributed by atoms with Gasteiger partial charge >= 0.3 is 0 Å². The quantitative estimate of drug-likeness (QED) is 0.287. The van der Waals surface area contributed by atoms with E-state index in [0.717, 1.165) is 36.8 Å². The highest BCUT2D eigenvalue weighted by atomic mass is 127. The van der Waals surface area contributed by atoms with E-state index in [9.17, 15) is 0 Å². The molecule has 0 radical (unpaired) electrons. The average molecular weight is 495 g/mol. The minimum absolute atomic E-state index is 0. The van der Waals surface area contributed by atoms with Crippen LogP contribution in [0.3, 0.4) is 0 Å². The van der Waals surface area contributed by atoms with Gasteiger partial charge < -0.3 is 19.5 Å². The number of aromatic nitrogens is 2. The number of para-hydroxylation sites is 1. The summed E-state index contributed by atoms with van der Waals surface area (Å²) in [6.07, 6.45) is 8.69. The second-order valence-corrected chi connectivity index (χ2v) is 6.90. The molecule has 0 amide bonds. The number of guanidine groups is 1. The van der Waals surface area contributed by atoms with Crippen molar-refractivity contribution in [1.82, 2.24) is 19.8 Å². The number of imidazole rings is 1. The van der Waals surface area contributed by atoms with E-state index in [1.807, 2.05) is 44.0 Å². The van der Waals surface area contributed by atoms with Crippen LogP contribution in [-0.2, 0) is 6.54 Å². The zero-order chi connectivity index (χ0) is 19.1. The van der Waals surface area contributed by atoms with Crippen LogP contribution in [0.15, 0.2) is 60.6 Å². The molecule has 2 unspecified atom stereocenters. The van der Waals surface area contributed by atoms with Crippen molar-refractivity contribution in [1.29, 1.82) is 0 Å². The summed E-state index contributed by atoms with van der Waals surface area (Å²) in [5.41, 5.74) is 1.11. The maximum atomic E-state index is 5.76. The van der Waals surface area contributed by atoms with Crippen LogP contribution in [0.25, 0.3) is 0 Å². The number of ether oxygens (including phenoxy) is 1. The Balaban J connectivity index is 0.00000280. The van der Waals surface area contributed by atoms with Crippen molar-refractivity contribution in [3.63, 3.8) is 0 Å². The maximum Gasteiger partial charge on any atom is 0.193 e. The van der Waals surface area contributed by atoms with Crippen molar-refractivity contribution >= 4 is 29.9 Å². The highest BCUT2D eigenvalue weighted by molar-refractivity contribution is 14.0. The van der Waals surface area contributed by atoms with E-state index >= 15 is 0 Å². The fourth-order valence-electron chi connectivity index (χ4n) is 3.54. The Labute approximate surface area is 184 Å². The minimum Gasteiger partial charge on any atom is -0.489 e. The number of hydrogen-bond acceptors (Lipinski definition) is 3. The van der Waals surface area contributed by atoms with Crippen molar-refractivity contribution in [2.24, 2.45) is 10.9 Å². The molecule has 2 heterocycles. The first-order valence-corrected chi connectivity index (χ1v) is 9.47. The molecule has 0 saturated carbocycles. The van der Waals surface area contributed by atoms with Gasteiger partial charge in [-0.3, -0.25) is 4.99 Å². The summed E-state index contributed by atoms with van der Waals surface area (Å²) in [6.45, 7) is 9.12. The number of aliphatic imine (C=N–C) groups is 1. The van der Waals surface area contributed by atoms with Crippen LogP contribution in [0.1, 0.15) is 24.9 Å². The molecule has 1 N–H and O–H groups in total. The smallest absolute Gasteiger partial charge is 0.193 e. The first-order chi connectivity index (χ1) is 13.2. The van der Waals surface area contributed by atoms with E-state index in [0.29, 0.717) is 25.1 Å². The molecule has 3 rings (SSSR count). The van der Waals surface area contributed by atoms with Crippen LogP contribution in [0.2, 0.25) is 0 Å². The Bertz CT molecular complexity index is 762. The van der Waals surface area contributed by atoms with Gasteiger partial charge in [0.2, 0.25) is 0 Å². The predicted molar refractivity (Wildman–Crippen MR) is 124 cm³/mol. The standard InChI is InChI=1S/C21H29N5O.HI/c1-4-13-27-20-8-6-5-7-18(20)14-24-21(22-3)25-11-9-17(2)19(15-25)26-12-10-23-16-26;/h4-8,10,12,16-17,19H,1,9,11,13-15H2,2-3H3,(H,22,24);1H. The molecule has 1 saturated heterocycles. The highest BCUT2D eigenvalue weighted by Crippen LogP contribution is 2.27. The number of halogens is 1. The molecular formula is C21H30IN5O. The fourth-order valence-corrected chi connectivity index (χ4v) is 3.54. The number of likely N-dealkylation sites (tertiary alicyclic amines) is 1. The third-order valence-corrected chi connectivity index (χ3v) is 5.10. The molecule has 7 heteroatoms. The van der Waals surface area contributed by atoms with Gasteiger partial charge in [0.15, 0.2) is 5.96 Å². The van der Waals surface area contributed by atoms with E-state index in [2.05, 4.69) is 44.3 Å². The zero-order valence-electron chi connectivity index (χ0n) is 16.6. The van der Waals surface area contributed by atoms with Crippen LogP contribution >= 0.6 is 24.0 Å². The van der Waals surface area contributed by atoms with Gasteiger partial charge in [0.1, 0.15) is 12.4 Å². The molecule has 1 aromatic heterocycles.